The Hall–Kier alpha value is -1.78. The van der Waals surface area contributed by atoms with Gasteiger partial charge in [0.1, 0.15) is 5.82 Å². The van der Waals surface area contributed by atoms with Crippen LogP contribution in [0.15, 0.2) is 24.4 Å². The Morgan fingerprint density at radius 3 is 2.21 bits per heavy atom. The largest absolute Gasteiger partial charge is 0.417 e. The Labute approximate surface area is 109 Å². The summed E-state index contributed by atoms with van der Waals surface area (Å²) in [5.41, 5.74) is 5.14. The quantitative estimate of drug-likeness (QED) is 0.780. The molecule has 2 nitrogen and oxygen atoms in total. The molecule has 0 saturated heterocycles. The number of anilines is 1. The molecule has 1 heterocycles. The van der Waals surface area contributed by atoms with Gasteiger partial charge >= 0.3 is 6.18 Å². The van der Waals surface area contributed by atoms with Gasteiger partial charge in [0.15, 0.2) is 0 Å². The lowest BCUT2D eigenvalue weighted by molar-refractivity contribution is -0.136. The Morgan fingerprint density at radius 1 is 1.05 bits per heavy atom. The molecule has 1 aromatic carbocycles. The van der Waals surface area contributed by atoms with E-state index >= 15 is 0 Å². The van der Waals surface area contributed by atoms with Crippen LogP contribution < -0.4 is 5.73 Å². The molecular weight excluding hydrogens is 253 g/mol. The molecule has 0 amide bonds. The molecule has 0 radical (unpaired) electrons. The van der Waals surface area contributed by atoms with Crippen molar-refractivity contribution in [2.45, 2.75) is 32.4 Å². The topological polar surface area (TPSA) is 38.9 Å². The molecule has 0 aliphatic rings. The van der Waals surface area contributed by atoms with E-state index in [-0.39, 0.29) is 11.2 Å². The normalized spacial score (nSPS) is 12.9. The first-order valence-corrected chi connectivity index (χ1v) is 5.87. The van der Waals surface area contributed by atoms with Crippen molar-refractivity contribution in [2.24, 2.45) is 0 Å². The van der Waals surface area contributed by atoms with E-state index in [9.17, 15) is 13.2 Å². The van der Waals surface area contributed by atoms with Crippen molar-refractivity contribution in [3.63, 3.8) is 0 Å². The lowest BCUT2D eigenvalue weighted by Crippen LogP contribution is -2.16. The first kappa shape index (κ1) is 13.6. The predicted octanol–water partition coefficient (Wildman–Crippen LogP) is 4.13. The number of nitrogens with zero attached hydrogens (tertiary/aromatic N) is 1. The molecule has 0 unspecified atom stereocenters. The van der Waals surface area contributed by atoms with Gasteiger partial charge in [-0.25, -0.2) is 4.98 Å². The summed E-state index contributed by atoms with van der Waals surface area (Å²) >= 11 is 0. The lowest BCUT2D eigenvalue weighted by Gasteiger charge is -2.23. The molecule has 5 heteroatoms. The van der Waals surface area contributed by atoms with Crippen LogP contribution >= 0.6 is 0 Å². The predicted molar refractivity (Wildman–Crippen MR) is 69.9 cm³/mol. The fraction of sp³-hybridized carbons (Fsp3) is 0.357. The Morgan fingerprint density at radius 2 is 1.68 bits per heavy atom. The van der Waals surface area contributed by atoms with E-state index in [4.69, 9.17) is 5.73 Å². The molecule has 19 heavy (non-hydrogen) atoms. The molecule has 1 aromatic heterocycles. The minimum absolute atomic E-state index is 0.120. The highest BCUT2D eigenvalue weighted by Gasteiger charge is 2.35. The number of rotatable bonds is 0. The van der Waals surface area contributed by atoms with Crippen molar-refractivity contribution in [3.05, 3.63) is 35.5 Å². The number of hydrogen-bond acceptors (Lipinski definition) is 2. The van der Waals surface area contributed by atoms with Crippen LogP contribution in [0.4, 0.5) is 19.0 Å². The summed E-state index contributed by atoms with van der Waals surface area (Å²) in [6.45, 7) is 5.56. The second kappa shape index (κ2) is 4.11. The summed E-state index contributed by atoms with van der Waals surface area (Å²) in [4.78, 5) is 4.01. The Bertz CT molecular complexity index is 605. The van der Waals surface area contributed by atoms with Crippen LogP contribution in [0.25, 0.3) is 10.8 Å². The van der Waals surface area contributed by atoms with Crippen LogP contribution in [0.2, 0.25) is 0 Å². The third-order valence-electron chi connectivity index (χ3n) is 3.06. The smallest absolute Gasteiger partial charge is 0.383 e. The van der Waals surface area contributed by atoms with Gasteiger partial charge in [0, 0.05) is 17.0 Å². The molecule has 2 aromatic rings. The van der Waals surface area contributed by atoms with Crippen molar-refractivity contribution < 1.29 is 13.2 Å². The van der Waals surface area contributed by atoms with Crippen molar-refractivity contribution >= 4 is 16.6 Å². The summed E-state index contributed by atoms with van der Waals surface area (Å²) in [5, 5.41) is 0.497. The zero-order chi connectivity index (χ0) is 14.4. The van der Waals surface area contributed by atoms with Crippen LogP contribution in [0, 0.1) is 0 Å². The van der Waals surface area contributed by atoms with Gasteiger partial charge in [-0.2, -0.15) is 13.2 Å². The summed E-state index contributed by atoms with van der Waals surface area (Å²) in [5.74, 6) is 0.120. The number of nitrogens with two attached hydrogens (primary N) is 1. The van der Waals surface area contributed by atoms with E-state index in [1.807, 2.05) is 20.8 Å². The maximum Gasteiger partial charge on any atom is 0.417 e. The standard InChI is InChI=1S/C14H15F3N2/c1-13(2,3)10-7-19-12(18)8-5-4-6-9(11(8)10)14(15,16)17/h4-7H,1-3H3,(H2,18,19). The highest BCUT2D eigenvalue weighted by Crippen LogP contribution is 2.40. The van der Waals surface area contributed by atoms with Gasteiger partial charge in [0.25, 0.3) is 0 Å². The summed E-state index contributed by atoms with van der Waals surface area (Å²) < 4.78 is 39.5. The lowest BCUT2D eigenvalue weighted by atomic mass is 9.83. The number of aromatic nitrogens is 1. The van der Waals surface area contributed by atoms with E-state index in [0.717, 1.165) is 6.07 Å². The molecule has 0 fully saturated rings. The van der Waals surface area contributed by atoms with Gasteiger partial charge < -0.3 is 5.73 Å². The molecule has 0 spiro atoms. The van der Waals surface area contributed by atoms with Gasteiger partial charge in [-0.05, 0) is 17.0 Å². The van der Waals surface area contributed by atoms with Gasteiger partial charge in [0.05, 0.1) is 5.56 Å². The van der Waals surface area contributed by atoms with Crippen molar-refractivity contribution in [1.82, 2.24) is 4.98 Å². The minimum Gasteiger partial charge on any atom is -0.383 e. The molecule has 0 atom stereocenters. The molecular formula is C14H15F3N2. The molecule has 2 rings (SSSR count). The van der Waals surface area contributed by atoms with Crippen LogP contribution in [0.1, 0.15) is 31.9 Å². The molecule has 2 N–H and O–H groups in total. The monoisotopic (exact) mass is 268 g/mol. The van der Waals surface area contributed by atoms with Crippen LogP contribution in [0.5, 0.6) is 0 Å². The van der Waals surface area contributed by atoms with Crippen LogP contribution in [-0.2, 0) is 11.6 Å². The van der Waals surface area contributed by atoms with E-state index < -0.39 is 17.2 Å². The van der Waals surface area contributed by atoms with Crippen molar-refractivity contribution in [3.8, 4) is 0 Å². The highest BCUT2D eigenvalue weighted by atomic mass is 19.4. The SMILES string of the molecule is CC(C)(C)c1cnc(N)c2cccc(C(F)(F)F)c12. The minimum atomic E-state index is -4.41. The fourth-order valence-electron chi connectivity index (χ4n) is 2.13. The molecule has 0 aliphatic carbocycles. The van der Waals surface area contributed by atoms with Crippen molar-refractivity contribution in [1.29, 1.82) is 0 Å². The molecule has 0 aliphatic heterocycles. The summed E-state index contributed by atoms with van der Waals surface area (Å²) in [6.07, 6.45) is -2.97. The van der Waals surface area contributed by atoms with Gasteiger partial charge in [-0.15, -0.1) is 0 Å². The number of nitrogen functional groups attached to an aromatic ring is 1. The second-order valence-electron chi connectivity index (χ2n) is 5.53. The number of pyridine rings is 1. The Balaban J connectivity index is 2.97. The van der Waals surface area contributed by atoms with E-state index in [0.29, 0.717) is 10.9 Å². The zero-order valence-corrected chi connectivity index (χ0v) is 11.0. The second-order valence-corrected chi connectivity index (χ2v) is 5.53. The highest BCUT2D eigenvalue weighted by molar-refractivity contribution is 5.96. The van der Waals surface area contributed by atoms with E-state index in [1.165, 1.54) is 12.3 Å². The number of fused-ring (bicyclic) bond motifs is 1. The number of benzene rings is 1. The van der Waals surface area contributed by atoms with Gasteiger partial charge in [-0.1, -0.05) is 32.9 Å². The summed E-state index contributed by atoms with van der Waals surface area (Å²) in [7, 11) is 0. The first-order chi connectivity index (χ1) is 8.62. The zero-order valence-electron chi connectivity index (χ0n) is 11.0. The van der Waals surface area contributed by atoms with Gasteiger partial charge in [0.2, 0.25) is 0 Å². The van der Waals surface area contributed by atoms with E-state index in [2.05, 4.69) is 4.98 Å². The average Bonchev–Trinajstić information content (AvgIpc) is 2.26. The Kier molecular flexibility index (Phi) is 2.96. The third-order valence-corrected chi connectivity index (χ3v) is 3.06. The van der Waals surface area contributed by atoms with Crippen LogP contribution in [0.3, 0.4) is 0 Å². The maximum absolute atomic E-state index is 13.2. The average molecular weight is 268 g/mol. The van der Waals surface area contributed by atoms with E-state index in [1.54, 1.807) is 6.07 Å². The van der Waals surface area contributed by atoms with Crippen LogP contribution in [-0.4, -0.2) is 4.98 Å². The molecule has 0 bridgehead atoms. The van der Waals surface area contributed by atoms with Gasteiger partial charge in [-0.3, -0.25) is 0 Å². The number of alkyl halides is 3. The molecule has 102 valence electrons. The van der Waals surface area contributed by atoms with Crippen molar-refractivity contribution in [2.75, 3.05) is 5.73 Å². The first-order valence-electron chi connectivity index (χ1n) is 5.87. The third kappa shape index (κ3) is 2.37. The summed E-state index contributed by atoms with van der Waals surface area (Å²) in [6, 6.07) is 4.01. The fourth-order valence-corrected chi connectivity index (χ4v) is 2.13. The molecule has 0 saturated carbocycles. The number of hydrogen-bond donors (Lipinski definition) is 1. The maximum atomic E-state index is 13.2. The number of halogens is 3.